The third-order valence-electron chi connectivity index (χ3n) is 12.7. The molecule has 0 aliphatic carbocycles. The minimum atomic E-state index is 0.906. The molecule has 0 bridgehead atoms. The van der Waals surface area contributed by atoms with Crippen LogP contribution >= 0.6 is 0 Å². The molecule has 1 aromatic heterocycles. The van der Waals surface area contributed by atoms with Crippen molar-refractivity contribution in [3.63, 3.8) is 0 Å². The Morgan fingerprint density at radius 2 is 0.767 bits per heavy atom. The summed E-state index contributed by atoms with van der Waals surface area (Å²) in [5.41, 5.74) is 9.68. The lowest BCUT2D eigenvalue weighted by atomic mass is 9.87. The zero-order chi connectivity index (χ0) is 39.3. The fourth-order valence-electron chi connectivity index (χ4n) is 10.0. The van der Waals surface area contributed by atoms with Gasteiger partial charge in [-0.2, -0.15) is 0 Å². The second-order valence-corrected chi connectivity index (χ2v) is 16.0. The Morgan fingerprint density at radius 3 is 1.42 bits per heavy atom. The van der Waals surface area contributed by atoms with E-state index in [-0.39, 0.29) is 0 Å². The average Bonchev–Trinajstić information content (AvgIpc) is 3.70. The maximum absolute atomic E-state index is 6.48. The van der Waals surface area contributed by atoms with E-state index in [2.05, 4.69) is 205 Å². The highest BCUT2D eigenvalue weighted by Crippen LogP contribution is 2.47. The van der Waals surface area contributed by atoms with Crippen LogP contribution in [0.2, 0.25) is 0 Å². The van der Waals surface area contributed by atoms with Crippen LogP contribution in [-0.4, -0.2) is 0 Å². The zero-order valence-electron chi connectivity index (χ0n) is 32.6. The number of hydrogen-bond donors (Lipinski definition) is 0. The lowest BCUT2D eigenvalue weighted by molar-refractivity contribution is 0.670. The van der Waals surface area contributed by atoms with Crippen molar-refractivity contribution in [3.05, 3.63) is 212 Å². The molecule has 0 fully saturated rings. The quantitative estimate of drug-likeness (QED) is 0.162. The van der Waals surface area contributed by atoms with Gasteiger partial charge in [0.15, 0.2) is 0 Å². The first-order chi connectivity index (χ1) is 29.7. The molecule has 2 heteroatoms. The highest BCUT2D eigenvalue weighted by molar-refractivity contribution is 6.37. The molecule has 0 saturated carbocycles. The van der Waals surface area contributed by atoms with Crippen LogP contribution in [0.15, 0.2) is 217 Å². The second kappa shape index (κ2) is 12.8. The summed E-state index contributed by atoms with van der Waals surface area (Å²) in [6.45, 7) is 0. The summed E-state index contributed by atoms with van der Waals surface area (Å²) in [6, 6.07) is 77.7. The fraction of sp³-hybridized carbons (Fsp3) is 0. The molecule has 0 aliphatic heterocycles. The van der Waals surface area contributed by atoms with E-state index in [1.165, 1.54) is 75.8 Å². The maximum atomic E-state index is 6.48. The van der Waals surface area contributed by atoms with Gasteiger partial charge in [0.25, 0.3) is 0 Å². The first-order valence-corrected chi connectivity index (χ1v) is 20.7. The van der Waals surface area contributed by atoms with Crippen molar-refractivity contribution in [2.24, 2.45) is 0 Å². The minimum Gasteiger partial charge on any atom is -0.455 e. The SMILES string of the molecule is c1ccc(-c2ccc(N(c3ccc(-c4cccc5c4oc4ccccc45)cc3)c3cc4ccc5cccc6c7cccc8ccc9cccc(c(c3)c4c56)c9c87)cc2)cc1. The molecule has 0 radical (unpaired) electrons. The number of hydrogen-bond acceptors (Lipinski definition) is 2. The van der Waals surface area contributed by atoms with Crippen molar-refractivity contribution in [1.29, 1.82) is 0 Å². The smallest absolute Gasteiger partial charge is 0.143 e. The number of nitrogens with zero attached hydrogens (tertiary/aromatic N) is 1. The number of rotatable bonds is 5. The normalized spacial score (nSPS) is 12.0. The Bertz CT molecular complexity index is 3800. The molecule has 0 unspecified atom stereocenters. The molecular weight excluding hydrogens is 727 g/mol. The highest BCUT2D eigenvalue weighted by atomic mass is 16.3. The van der Waals surface area contributed by atoms with Crippen molar-refractivity contribution >= 4 is 104 Å². The average molecular weight is 762 g/mol. The van der Waals surface area contributed by atoms with Crippen molar-refractivity contribution < 1.29 is 4.42 Å². The number of para-hydroxylation sites is 2. The van der Waals surface area contributed by atoms with Crippen LogP contribution in [0.25, 0.3) is 109 Å². The second-order valence-electron chi connectivity index (χ2n) is 16.0. The van der Waals surface area contributed by atoms with Crippen molar-refractivity contribution in [2.45, 2.75) is 0 Å². The van der Waals surface area contributed by atoms with Crippen LogP contribution in [0.5, 0.6) is 0 Å². The van der Waals surface area contributed by atoms with Crippen LogP contribution in [0.3, 0.4) is 0 Å². The van der Waals surface area contributed by atoms with Gasteiger partial charge in [0.2, 0.25) is 0 Å². The largest absolute Gasteiger partial charge is 0.455 e. The topological polar surface area (TPSA) is 16.4 Å². The summed E-state index contributed by atoms with van der Waals surface area (Å²) in [5.74, 6) is 0. The number of furan rings is 1. The maximum Gasteiger partial charge on any atom is 0.143 e. The molecule has 2 nitrogen and oxygen atoms in total. The lowest BCUT2D eigenvalue weighted by Gasteiger charge is -2.27. The molecule has 60 heavy (non-hydrogen) atoms. The van der Waals surface area contributed by atoms with E-state index >= 15 is 0 Å². The molecule has 278 valence electrons. The Balaban J connectivity index is 1.08. The van der Waals surface area contributed by atoms with Gasteiger partial charge in [0, 0.05) is 33.4 Å². The van der Waals surface area contributed by atoms with Gasteiger partial charge in [-0.3, -0.25) is 0 Å². The summed E-state index contributed by atoms with van der Waals surface area (Å²) in [5, 5.41) is 17.5. The molecular formula is C58H35NO. The van der Waals surface area contributed by atoms with E-state index in [1.54, 1.807) is 0 Å². The molecule has 0 aliphatic rings. The Hall–Kier alpha value is -7.94. The van der Waals surface area contributed by atoms with Gasteiger partial charge < -0.3 is 9.32 Å². The van der Waals surface area contributed by atoms with Crippen molar-refractivity contribution in [1.82, 2.24) is 0 Å². The van der Waals surface area contributed by atoms with Crippen LogP contribution in [0, 0.1) is 0 Å². The van der Waals surface area contributed by atoms with E-state index in [0.717, 1.165) is 50.1 Å². The predicted octanol–water partition coefficient (Wildman–Crippen LogP) is 16.7. The first-order valence-electron chi connectivity index (χ1n) is 20.7. The van der Waals surface area contributed by atoms with Gasteiger partial charge in [0.05, 0.1) is 0 Å². The fourth-order valence-corrected chi connectivity index (χ4v) is 10.0. The molecule has 1 heterocycles. The Labute approximate surface area is 346 Å². The van der Waals surface area contributed by atoms with Gasteiger partial charge in [-0.05, 0) is 124 Å². The van der Waals surface area contributed by atoms with E-state index in [0.29, 0.717) is 0 Å². The van der Waals surface area contributed by atoms with E-state index in [4.69, 9.17) is 4.42 Å². The molecule has 12 aromatic carbocycles. The summed E-state index contributed by atoms with van der Waals surface area (Å²) in [4.78, 5) is 2.42. The van der Waals surface area contributed by atoms with Gasteiger partial charge in [-0.15, -0.1) is 0 Å². The molecule has 0 amide bonds. The molecule has 0 atom stereocenters. The molecule has 13 aromatic rings. The van der Waals surface area contributed by atoms with Crippen molar-refractivity contribution in [2.75, 3.05) is 4.90 Å². The summed E-state index contributed by atoms with van der Waals surface area (Å²) >= 11 is 0. The Kier molecular flexibility index (Phi) is 7.05. The van der Waals surface area contributed by atoms with Crippen LogP contribution in [-0.2, 0) is 0 Å². The van der Waals surface area contributed by atoms with E-state index in [9.17, 15) is 0 Å². The number of fused-ring (bicyclic) bond motifs is 5. The number of anilines is 3. The van der Waals surface area contributed by atoms with Gasteiger partial charge in [-0.25, -0.2) is 0 Å². The molecule has 0 N–H and O–H groups in total. The van der Waals surface area contributed by atoms with E-state index < -0.39 is 0 Å². The van der Waals surface area contributed by atoms with E-state index in [1.807, 2.05) is 12.1 Å². The molecule has 13 rings (SSSR count). The monoisotopic (exact) mass is 761 g/mol. The lowest BCUT2D eigenvalue weighted by Crippen LogP contribution is -2.10. The van der Waals surface area contributed by atoms with Crippen molar-refractivity contribution in [3.8, 4) is 22.3 Å². The summed E-state index contributed by atoms with van der Waals surface area (Å²) < 4.78 is 6.48. The highest BCUT2D eigenvalue weighted by Gasteiger charge is 2.20. The summed E-state index contributed by atoms with van der Waals surface area (Å²) in [6.07, 6.45) is 0. The van der Waals surface area contributed by atoms with Crippen LogP contribution < -0.4 is 4.90 Å². The standard InChI is InChI=1S/C58H35NO/c1-2-10-36(11-3-1)37-26-30-43(31-27-37)59(44-32-28-38(29-33-44)46-16-9-20-51-47-15-4-5-21-53(47)60-58(46)51)45-34-42-25-24-41-13-7-18-49-48-17-6-12-39-22-23-40-14-8-19-50(56(40)54(39)48)52(35-45)57(42)55(41)49/h1-35H. The minimum absolute atomic E-state index is 0.906. The molecule has 0 spiro atoms. The predicted molar refractivity (Wildman–Crippen MR) is 255 cm³/mol. The van der Waals surface area contributed by atoms with Gasteiger partial charge in [-0.1, -0.05) is 170 Å². The van der Waals surface area contributed by atoms with Gasteiger partial charge in [0.1, 0.15) is 11.2 Å². The number of benzene rings is 11. The third-order valence-corrected chi connectivity index (χ3v) is 12.7. The van der Waals surface area contributed by atoms with Crippen LogP contribution in [0.4, 0.5) is 17.1 Å². The molecule has 0 saturated heterocycles. The summed E-state index contributed by atoms with van der Waals surface area (Å²) in [7, 11) is 0. The first kappa shape index (κ1) is 33.1. The van der Waals surface area contributed by atoms with Crippen LogP contribution in [0.1, 0.15) is 0 Å². The Morgan fingerprint density at radius 1 is 0.283 bits per heavy atom. The van der Waals surface area contributed by atoms with Gasteiger partial charge >= 0.3 is 0 Å². The zero-order valence-corrected chi connectivity index (χ0v) is 32.6. The third kappa shape index (κ3) is 4.88.